The third-order valence-electron chi connectivity index (χ3n) is 2.78. The summed E-state index contributed by atoms with van der Waals surface area (Å²) < 4.78 is 5.14. The normalized spacial score (nSPS) is 10.3. The molecule has 0 aliphatic carbocycles. The number of pyridine rings is 1. The van der Waals surface area contributed by atoms with Crippen LogP contribution >= 0.6 is 0 Å². The van der Waals surface area contributed by atoms with Crippen LogP contribution in [0.15, 0.2) is 30.3 Å². The van der Waals surface area contributed by atoms with Gasteiger partial charge in [0.2, 0.25) is 0 Å². The van der Waals surface area contributed by atoms with Gasteiger partial charge in [-0.15, -0.1) is 0 Å². The van der Waals surface area contributed by atoms with Gasteiger partial charge in [0, 0.05) is 11.3 Å². The molecule has 0 bridgehead atoms. The summed E-state index contributed by atoms with van der Waals surface area (Å²) in [5.41, 5.74) is 10.7. The van der Waals surface area contributed by atoms with E-state index in [2.05, 4.69) is 4.98 Å². The average molecular weight is 228 g/mol. The topological polar surface area (TPSA) is 48.1 Å². The Morgan fingerprint density at radius 1 is 1.12 bits per heavy atom. The third-order valence-corrected chi connectivity index (χ3v) is 2.78. The molecule has 0 atom stereocenters. The van der Waals surface area contributed by atoms with Crippen LogP contribution in [0.4, 0.5) is 5.69 Å². The van der Waals surface area contributed by atoms with E-state index in [1.165, 1.54) is 0 Å². The molecule has 0 saturated carbocycles. The summed E-state index contributed by atoms with van der Waals surface area (Å²) in [6, 6.07) is 9.87. The van der Waals surface area contributed by atoms with Gasteiger partial charge in [-0.1, -0.05) is 12.1 Å². The van der Waals surface area contributed by atoms with Gasteiger partial charge < -0.3 is 10.5 Å². The Bertz CT molecular complexity index is 533. The zero-order chi connectivity index (χ0) is 12.4. The first kappa shape index (κ1) is 11.5. The van der Waals surface area contributed by atoms with Crippen molar-refractivity contribution in [1.82, 2.24) is 4.98 Å². The highest BCUT2D eigenvalue weighted by Gasteiger charge is 2.07. The maximum atomic E-state index is 6.06. The summed E-state index contributed by atoms with van der Waals surface area (Å²) in [4.78, 5) is 4.34. The van der Waals surface area contributed by atoms with Crippen LogP contribution in [0.5, 0.6) is 5.75 Å². The van der Waals surface area contributed by atoms with Crippen molar-refractivity contribution in [2.45, 2.75) is 13.8 Å². The maximum Gasteiger partial charge on any atom is 0.118 e. The Kier molecular flexibility index (Phi) is 3.00. The van der Waals surface area contributed by atoms with Crippen LogP contribution in [-0.4, -0.2) is 12.1 Å². The molecule has 17 heavy (non-hydrogen) atoms. The van der Waals surface area contributed by atoms with E-state index in [4.69, 9.17) is 10.5 Å². The van der Waals surface area contributed by atoms with Gasteiger partial charge in [-0.25, -0.2) is 0 Å². The molecule has 0 fully saturated rings. The van der Waals surface area contributed by atoms with Crippen molar-refractivity contribution in [2.75, 3.05) is 12.8 Å². The van der Waals surface area contributed by atoms with Gasteiger partial charge in [-0.2, -0.15) is 0 Å². The maximum absolute atomic E-state index is 6.06. The van der Waals surface area contributed by atoms with Crippen molar-refractivity contribution in [3.8, 4) is 16.9 Å². The average Bonchev–Trinajstić information content (AvgIpc) is 2.34. The lowest BCUT2D eigenvalue weighted by Crippen LogP contribution is -1.98. The van der Waals surface area contributed by atoms with Crippen molar-refractivity contribution < 1.29 is 4.74 Å². The summed E-state index contributed by atoms with van der Waals surface area (Å²) in [5, 5.41) is 0. The standard InChI is InChI=1S/C14H16N2O/c1-9-8-13(14(15)10(2)16-9)11-4-6-12(17-3)7-5-11/h4-8H,15H2,1-3H3. The van der Waals surface area contributed by atoms with E-state index in [-0.39, 0.29) is 0 Å². The van der Waals surface area contributed by atoms with Crippen LogP contribution < -0.4 is 10.5 Å². The summed E-state index contributed by atoms with van der Waals surface area (Å²) in [6.45, 7) is 3.90. The van der Waals surface area contributed by atoms with E-state index in [1.807, 2.05) is 44.2 Å². The van der Waals surface area contributed by atoms with Crippen molar-refractivity contribution >= 4 is 5.69 Å². The second kappa shape index (κ2) is 4.45. The van der Waals surface area contributed by atoms with Gasteiger partial charge in [0.1, 0.15) is 5.75 Å². The molecule has 0 saturated heterocycles. The summed E-state index contributed by atoms with van der Waals surface area (Å²) >= 11 is 0. The molecule has 0 aliphatic heterocycles. The molecule has 2 rings (SSSR count). The van der Waals surface area contributed by atoms with Crippen LogP contribution in [0.25, 0.3) is 11.1 Å². The third kappa shape index (κ3) is 2.23. The van der Waals surface area contributed by atoms with E-state index >= 15 is 0 Å². The highest BCUT2D eigenvalue weighted by molar-refractivity contribution is 5.78. The Hall–Kier alpha value is -2.03. The van der Waals surface area contributed by atoms with Crippen LogP contribution in [0, 0.1) is 13.8 Å². The van der Waals surface area contributed by atoms with Gasteiger partial charge in [0.25, 0.3) is 0 Å². The molecule has 0 unspecified atom stereocenters. The highest BCUT2D eigenvalue weighted by Crippen LogP contribution is 2.29. The molecule has 2 aromatic rings. The molecule has 0 aliphatic rings. The lowest BCUT2D eigenvalue weighted by atomic mass is 10.0. The summed E-state index contributed by atoms with van der Waals surface area (Å²) in [6.07, 6.45) is 0. The number of rotatable bonds is 2. The van der Waals surface area contributed by atoms with E-state index < -0.39 is 0 Å². The van der Waals surface area contributed by atoms with E-state index in [0.29, 0.717) is 0 Å². The molecule has 2 N–H and O–H groups in total. The Morgan fingerprint density at radius 3 is 2.35 bits per heavy atom. The van der Waals surface area contributed by atoms with E-state index in [1.54, 1.807) is 7.11 Å². The second-order valence-corrected chi connectivity index (χ2v) is 4.04. The number of benzene rings is 1. The number of aryl methyl sites for hydroxylation is 2. The number of ether oxygens (including phenoxy) is 1. The smallest absolute Gasteiger partial charge is 0.118 e. The quantitative estimate of drug-likeness (QED) is 0.859. The van der Waals surface area contributed by atoms with Crippen molar-refractivity contribution in [1.29, 1.82) is 0 Å². The molecule has 88 valence electrons. The minimum Gasteiger partial charge on any atom is -0.497 e. The zero-order valence-corrected chi connectivity index (χ0v) is 10.3. The lowest BCUT2D eigenvalue weighted by molar-refractivity contribution is 0.415. The monoisotopic (exact) mass is 228 g/mol. The van der Waals surface area contributed by atoms with Gasteiger partial charge in [-0.05, 0) is 37.6 Å². The molecule has 1 aromatic carbocycles. The number of hydrogen-bond donors (Lipinski definition) is 1. The number of nitrogen functional groups attached to an aromatic ring is 1. The highest BCUT2D eigenvalue weighted by atomic mass is 16.5. The molecule has 1 heterocycles. The van der Waals surface area contributed by atoms with Gasteiger partial charge in [-0.3, -0.25) is 4.98 Å². The van der Waals surface area contributed by atoms with Gasteiger partial charge >= 0.3 is 0 Å². The fourth-order valence-corrected chi connectivity index (χ4v) is 1.85. The predicted octanol–water partition coefficient (Wildman–Crippen LogP) is 2.96. The molecule has 1 aromatic heterocycles. The SMILES string of the molecule is COc1ccc(-c2cc(C)nc(C)c2N)cc1. The fraction of sp³-hybridized carbons (Fsp3) is 0.214. The Labute approximate surface area is 101 Å². The van der Waals surface area contributed by atoms with E-state index in [0.717, 1.165) is 34.0 Å². The van der Waals surface area contributed by atoms with Crippen LogP contribution in [0.3, 0.4) is 0 Å². The van der Waals surface area contributed by atoms with Gasteiger partial charge in [0.15, 0.2) is 0 Å². The molecular weight excluding hydrogens is 212 g/mol. The minimum absolute atomic E-state index is 0.737. The number of methoxy groups -OCH3 is 1. The number of hydrogen-bond acceptors (Lipinski definition) is 3. The summed E-state index contributed by atoms with van der Waals surface area (Å²) in [5.74, 6) is 0.842. The molecule has 3 heteroatoms. The minimum atomic E-state index is 0.737. The Morgan fingerprint density at radius 2 is 1.76 bits per heavy atom. The first-order valence-electron chi connectivity index (χ1n) is 5.50. The summed E-state index contributed by atoms with van der Waals surface area (Å²) in [7, 11) is 1.66. The molecule has 0 radical (unpaired) electrons. The Balaban J connectivity index is 2.52. The number of nitrogens with zero attached hydrogens (tertiary/aromatic N) is 1. The second-order valence-electron chi connectivity index (χ2n) is 4.04. The van der Waals surface area contributed by atoms with Crippen molar-refractivity contribution in [3.05, 3.63) is 41.7 Å². The number of nitrogens with two attached hydrogens (primary N) is 1. The van der Waals surface area contributed by atoms with E-state index in [9.17, 15) is 0 Å². The molecule has 0 amide bonds. The van der Waals surface area contributed by atoms with Gasteiger partial charge in [0.05, 0.1) is 18.5 Å². The largest absolute Gasteiger partial charge is 0.497 e. The van der Waals surface area contributed by atoms with Crippen LogP contribution in [0.2, 0.25) is 0 Å². The molecule has 3 nitrogen and oxygen atoms in total. The van der Waals surface area contributed by atoms with Crippen LogP contribution in [-0.2, 0) is 0 Å². The van der Waals surface area contributed by atoms with Crippen LogP contribution in [0.1, 0.15) is 11.4 Å². The first-order chi connectivity index (χ1) is 8.11. The molecule has 0 spiro atoms. The van der Waals surface area contributed by atoms with Crippen molar-refractivity contribution in [2.24, 2.45) is 0 Å². The predicted molar refractivity (Wildman–Crippen MR) is 70.1 cm³/mol. The van der Waals surface area contributed by atoms with Crippen molar-refractivity contribution in [3.63, 3.8) is 0 Å². The first-order valence-corrected chi connectivity index (χ1v) is 5.50. The number of aromatic nitrogens is 1. The molecular formula is C14H16N2O. The number of anilines is 1. The fourth-order valence-electron chi connectivity index (χ4n) is 1.85. The lowest BCUT2D eigenvalue weighted by Gasteiger charge is -2.10. The zero-order valence-electron chi connectivity index (χ0n) is 10.3.